The molecule has 0 bridgehead atoms. The number of nitrogens with one attached hydrogen (secondary N) is 1. The second-order valence-corrected chi connectivity index (χ2v) is 4.45. The number of hydrogen-bond donors (Lipinski definition) is 2. The van der Waals surface area contributed by atoms with Crippen molar-refractivity contribution in [1.82, 2.24) is 5.32 Å². The Kier molecular flexibility index (Phi) is 3.86. The summed E-state index contributed by atoms with van der Waals surface area (Å²) >= 11 is 5.97. The van der Waals surface area contributed by atoms with Crippen molar-refractivity contribution in [3.8, 4) is 0 Å². The van der Waals surface area contributed by atoms with E-state index in [1.807, 2.05) is 12.1 Å². The van der Waals surface area contributed by atoms with Gasteiger partial charge in [-0.15, -0.1) is 0 Å². The Morgan fingerprint density at radius 1 is 1.41 bits per heavy atom. The van der Waals surface area contributed by atoms with E-state index in [-0.39, 0.29) is 12.5 Å². The summed E-state index contributed by atoms with van der Waals surface area (Å²) in [6, 6.07) is 5.42. The van der Waals surface area contributed by atoms with Gasteiger partial charge in [0.2, 0.25) is 5.91 Å². The van der Waals surface area contributed by atoms with Gasteiger partial charge in [-0.25, -0.2) is 0 Å². The normalized spacial score (nSPS) is 16.6. The SMILES string of the molecule is O=C1CCN(c2cc(Cl)ccc2CO)CCN1. The largest absolute Gasteiger partial charge is 0.392 e. The predicted molar refractivity (Wildman–Crippen MR) is 67.2 cm³/mol. The molecule has 0 aliphatic carbocycles. The topological polar surface area (TPSA) is 52.6 Å². The highest BCUT2D eigenvalue weighted by Crippen LogP contribution is 2.25. The standard InChI is InChI=1S/C12H15ClN2O2/c13-10-2-1-9(8-16)11(7-10)15-5-3-12(17)14-4-6-15/h1-2,7,16H,3-6,8H2,(H,14,17). The molecule has 2 N–H and O–H groups in total. The lowest BCUT2D eigenvalue weighted by atomic mass is 10.1. The van der Waals surface area contributed by atoms with Crippen LogP contribution in [0.15, 0.2) is 18.2 Å². The summed E-state index contributed by atoms with van der Waals surface area (Å²) in [7, 11) is 0. The monoisotopic (exact) mass is 254 g/mol. The average molecular weight is 255 g/mol. The van der Waals surface area contributed by atoms with E-state index < -0.39 is 0 Å². The second kappa shape index (κ2) is 5.38. The van der Waals surface area contributed by atoms with Gasteiger partial charge in [0.05, 0.1) is 6.61 Å². The molecule has 0 atom stereocenters. The van der Waals surface area contributed by atoms with E-state index in [2.05, 4.69) is 10.2 Å². The first kappa shape index (κ1) is 12.2. The van der Waals surface area contributed by atoms with Gasteiger partial charge in [0.15, 0.2) is 0 Å². The molecule has 0 saturated carbocycles. The van der Waals surface area contributed by atoms with E-state index in [1.54, 1.807) is 6.07 Å². The summed E-state index contributed by atoms with van der Waals surface area (Å²) in [6.45, 7) is 1.98. The fourth-order valence-electron chi connectivity index (χ4n) is 1.97. The van der Waals surface area contributed by atoms with E-state index in [1.165, 1.54) is 0 Å². The molecule has 1 heterocycles. The van der Waals surface area contributed by atoms with Gasteiger partial charge in [0.1, 0.15) is 0 Å². The second-order valence-electron chi connectivity index (χ2n) is 4.02. The summed E-state index contributed by atoms with van der Waals surface area (Å²) in [5.74, 6) is 0.0695. The zero-order valence-corrected chi connectivity index (χ0v) is 10.2. The molecule has 1 aliphatic heterocycles. The van der Waals surface area contributed by atoms with Gasteiger partial charge in [-0.2, -0.15) is 0 Å². The zero-order chi connectivity index (χ0) is 12.3. The van der Waals surface area contributed by atoms with Crippen molar-refractivity contribution in [3.05, 3.63) is 28.8 Å². The van der Waals surface area contributed by atoms with Gasteiger partial charge in [0.25, 0.3) is 0 Å². The van der Waals surface area contributed by atoms with Crippen molar-refractivity contribution in [3.63, 3.8) is 0 Å². The smallest absolute Gasteiger partial charge is 0.221 e. The molecule has 0 aromatic heterocycles. The van der Waals surface area contributed by atoms with Crippen molar-refractivity contribution in [2.45, 2.75) is 13.0 Å². The van der Waals surface area contributed by atoms with Gasteiger partial charge in [-0.1, -0.05) is 17.7 Å². The third kappa shape index (κ3) is 2.90. The maximum atomic E-state index is 11.3. The first-order valence-electron chi connectivity index (χ1n) is 5.61. The minimum Gasteiger partial charge on any atom is -0.392 e. The molecular formula is C12H15ClN2O2. The van der Waals surface area contributed by atoms with Crippen LogP contribution < -0.4 is 10.2 Å². The van der Waals surface area contributed by atoms with Gasteiger partial charge in [-0.3, -0.25) is 4.79 Å². The molecule has 0 spiro atoms. The maximum Gasteiger partial charge on any atom is 0.221 e. The Balaban J connectivity index is 2.25. The van der Waals surface area contributed by atoms with Crippen LogP contribution in [0.2, 0.25) is 5.02 Å². The van der Waals surface area contributed by atoms with Crippen LogP contribution in [0, 0.1) is 0 Å². The molecule has 1 aromatic rings. The summed E-state index contributed by atoms with van der Waals surface area (Å²) in [5, 5.41) is 12.8. The summed E-state index contributed by atoms with van der Waals surface area (Å²) < 4.78 is 0. The third-order valence-electron chi connectivity index (χ3n) is 2.87. The van der Waals surface area contributed by atoms with E-state index in [0.29, 0.717) is 24.5 Å². The van der Waals surface area contributed by atoms with Crippen molar-refractivity contribution < 1.29 is 9.90 Å². The third-order valence-corrected chi connectivity index (χ3v) is 3.11. The molecule has 2 rings (SSSR count). The predicted octanol–water partition coefficient (Wildman–Crippen LogP) is 1.16. The van der Waals surface area contributed by atoms with E-state index in [9.17, 15) is 9.90 Å². The lowest BCUT2D eigenvalue weighted by molar-refractivity contribution is -0.120. The Hall–Kier alpha value is -1.26. The van der Waals surface area contributed by atoms with Crippen LogP contribution in [0.25, 0.3) is 0 Å². The van der Waals surface area contributed by atoms with Gasteiger partial charge in [-0.05, 0) is 12.1 Å². The molecule has 1 aromatic carbocycles. The van der Waals surface area contributed by atoms with Crippen molar-refractivity contribution in [1.29, 1.82) is 0 Å². The Morgan fingerprint density at radius 2 is 2.24 bits per heavy atom. The number of carbonyl (C=O) groups excluding carboxylic acids is 1. The fourth-order valence-corrected chi connectivity index (χ4v) is 2.14. The summed E-state index contributed by atoms with van der Waals surface area (Å²) in [5.41, 5.74) is 1.75. The number of anilines is 1. The molecule has 0 radical (unpaired) electrons. The molecular weight excluding hydrogens is 240 g/mol. The molecule has 0 unspecified atom stereocenters. The van der Waals surface area contributed by atoms with Crippen LogP contribution in [0.4, 0.5) is 5.69 Å². The Bertz CT molecular complexity index is 423. The highest BCUT2D eigenvalue weighted by molar-refractivity contribution is 6.30. The molecule has 1 aliphatic rings. The van der Waals surface area contributed by atoms with Crippen LogP contribution in [-0.4, -0.2) is 30.6 Å². The van der Waals surface area contributed by atoms with Gasteiger partial charge < -0.3 is 15.3 Å². The molecule has 1 amide bonds. The van der Waals surface area contributed by atoms with Crippen LogP contribution >= 0.6 is 11.6 Å². The first-order chi connectivity index (χ1) is 8.20. The molecule has 4 nitrogen and oxygen atoms in total. The molecule has 1 saturated heterocycles. The minimum absolute atomic E-state index is 0.0234. The number of benzene rings is 1. The first-order valence-corrected chi connectivity index (χ1v) is 5.99. The number of aliphatic hydroxyl groups is 1. The number of carbonyl (C=O) groups is 1. The fraction of sp³-hybridized carbons (Fsp3) is 0.417. The molecule has 1 fully saturated rings. The highest BCUT2D eigenvalue weighted by atomic mass is 35.5. The zero-order valence-electron chi connectivity index (χ0n) is 9.45. The Morgan fingerprint density at radius 3 is 3.00 bits per heavy atom. The van der Waals surface area contributed by atoms with E-state index >= 15 is 0 Å². The maximum absolute atomic E-state index is 11.3. The van der Waals surface area contributed by atoms with Crippen LogP contribution in [0.3, 0.4) is 0 Å². The number of amides is 1. The van der Waals surface area contributed by atoms with E-state index in [4.69, 9.17) is 11.6 Å². The van der Waals surface area contributed by atoms with Gasteiger partial charge >= 0.3 is 0 Å². The van der Waals surface area contributed by atoms with Crippen LogP contribution in [-0.2, 0) is 11.4 Å². The molecule has 92 valence electrons. The molecule has 17 heavy (non-hydrogen) atoms. The van der Waals surface area contributed by atoms with Crippen molar-refractivity contribution >= 4 is 23.2 Å². The summed E-state index contributed by atoms with van der Waals surface area (Å²) in [4.78, 5) is 13.3. The quantitative estimate of drug-likeness (QED) is 0.833. The van der Waals surface area contributed by atoms with Crippen LogP contribution in [0.1, 0.15) is 12.0 Å². The lowest BCUT2D eigenvalue weighted by Crippen LogP contribution is -2.29. The van der Waals surface area contributed by atoms with E-state index in [0.717, 1.165) is 17.8 Å². The number of rotatable bonds is 2. The number of hydrogen-bond acceptors (Lipinski definition) is 3. The average Bonchev–Trinajstić information content (AvgIpc) is 2.54. The number of aliphatic hydroxyl groups excluding tert-OH is 1. The molecule has 5 heteroatoms. The highest BCUT2D eigenvalue weighted by Gasteiger charge is 2.16. The van der Waals surface area contributed by atoms with Crippen molar-refractivity contribution in [2.24, 2.45) is 0 Å². The minimum atomic E-state index is -0.0234. The van der Waals surface area contributed by atoms with Gasteiger partial charge in [0, 0.05) is 42.3 Å². The van der Waals surface area contributed by atoms with Crippen LogP contribution in [0.5, 0.6) is 0 Å². The summed E-state index contributed by atoms with van der Waals surface area (Å²) in [6.07, 6.45) is 0.470. The number of nitrogens with zero attached hydrogens (tertiary/aromatic N) is 1. The lowest BCUT2D eigenvalue weighted by Gasteiger charge is -2.24. The Labute approximate surface area is 105 Å². The number of halogens is 1. The van der Waals surface area contributed by atoms with Crippen molar-refractivity contribution in [2.75, 3.05) is 24.5 Å².